The number of nitrogens with one attached hydrogen (secondary N) is 3. The van der Waals surface area contributed by atoms with Crippen LogP contribution in [-0.4, -0.2) is 81.0 Å². The molecule has 0 spiro atoms. The van der Waals surface area contributed by atoms with Crippen molar-refractivity contribution in [3.05, 3.63) is 0 Å². The van der Waals surface area contributed by atoms with Gasteiger partial charge in [0.05, 0.1) is 6.04 Å². The van der Waals surface area contributed by atoms with Crippen molar-refractivity contribution in [3.63, 3.8) is 0 Å². The second-order valence-corrected chi connectivity index (χ2v) is 8.63. The average molecular weight is 518 g/mol. The van der Waals surface area contributed by atoms with E-state index < -0.39 is 85.0 Å². The van der Waals surface area contributed by atoms with Crippen LogP contribution >= 0.6 is 0 Å². The Hall–Kier alpha value is -3.75. The first-order chi connectivity index (χ1) is 16.6. The Kier molecular flexibility index (Phi) is 14.4. The topological polar surface area (TPSA) is 268 Å². The van der Waals surface area contributed by atoms with Crippen molar-refractivity contribution < 1.29 is 48.9 Å². The number of hydrogen-bond acceptors (Lipinski definition) is 8. The van der Waals surface area contributed by atoms with Crippen LogP contribution in [0.5, 0.6) is 0 Å². The molecule has 0 radical (unpaired) electrons. The van der Waals surface area contributed by atoms with Crippen LogP contribution < -0.4 is 27.4 Å². The predicted molar refractivity (Wildman–Crippen MR) is 123 cm³/mol. The summed E-state index contributed by atoms with van der Waals surface area (Å²) >= 11 is 0. The standard InChI is InChI=1S/C21H35N5O10/c1-10(2)9-11(22)18(32)24-12(4-7-16(28)29)19(33)25-13(5-8-17(30)31)20(34)26-14(21(35)36)3-6-15(23)27/h10-14H,3-9,22H2,1-2H3,(H2,23,27)(H,24,32)(H,25,33)(H,26,34)(H,28,29)(H,30,31)(H,35,36). The number of rotatable bonds is 18. The first kappa shape index (κ1) is 32.2. The quantitative estimate of drug-likeness (QED) is 0.0974. The molecule has 0 aromatic heterocycles. The van der Waals surface area contributed by atoms with Gasteiger partial charge in [-0.05, 0) is 31.6 Å². The lowest BCUT2D eigenvalue weighted by Crippen LogP contribution is -2.57. The molecule has 36 heavy (non-hydrogen) atoms. The van der Waals surface area contributed by atoms with Crippen LogP contribution in [0.4, 0.5) is 0 Å². The van der Waals surface area contributed by atoms with Crippen molar-refractivity contribution in [2.24, 2.45) is 17.4 Å². The summed E-state index contributed by atoms with van der Waals surface area (Å²) < 4.78 is 0. The molecule has 0 rings (SSSR count). The second kappa shape index (κ2) is 16.0. The highest BCUT2D eigenvalue weighted by atomic mass is 16.4. The maximum atomic E-state index is 12.9. The van der Waals surface area contributed by atoms with Gasteiger partial charge in [0, 0.05) is 19.3 Å². The number of aliphatic carboxylic acids is 3. The van der Waals surface area contributed by atoms with E-state index in [1.165, 1.54) is 0 Å². The fourth-order valence-electron chi connectivity index (χ4n) is 3.06. The molecule has 204 valence electrons. The maximum Gasteiger partial charge on any atom is 0.326 e. The number of carboxylic acid groups (broad SMARTS) is 3. The number of amides is 4. The SMILES string of the molecule is CC(C)CC(N)C(=O)NC(CCC(=O)O)C(=O)NC(CCC(=O)O)C(=O)NC(CCC(N)=O)C(=O)O. The highest BCUT2D eigenvalue weighted by Crippen LogP contribution is 2.07. The Morgan fingerprint density at radius 1 is 0.667 bits per heavy atom. The molecule has 10 N–H and O–H groups in total. The van der Waals surface area contributed by atoms with Gasteiger partial charge in [0.1, 0.15) is 18.1 Å². The summed E-state index contributed by atoms with van der Waals surface area (Å²) in [4.78, 5) is 82.3. The minimum atomic E-state index is -1.55. The number of primary amides is 1. The van der Waals surface area contributed by atoms with Crippen molar-refractivity contribution >= 4 is 41.5 Å². The van der Waals surface area contributed by atoms with E-state index in [0.717, 1.165) is 0 Å². The van der Waals surface area contributed by atoms with E-state index in [1.807, 2.05) is 13.8 Å². The van der Waals surface area contributed by atoms with Crippen molar-refractivity contribution in [2.45, 2.75) is 83.0 Å². The predicted octanol–water partition coefficient (Wildman–Crippen LogP) is -2.11. The lowest BCUT2D eigenvalue weighted by Gasteiger charge is -2.25. The van der Waals surface area contributed by atoms with Crippen LogP contribution in [0.1, 0.15) is 58.8 Å². The highest BCUT2D eigenvalue weighted by molar-refractivity contribution is 5.94. The summed E-state index contributed by atoms with van der Waals surface area (Å²) in [5.41, 5.74) is 10.8. The van der Waals surface area contributed by atoms with E-state index in [-0.39, 0.29) is 31.6 Å². The Bertz CT molecular complexity index is 832. The molecule has 0 aliphatic rings. The van der Waals surface area contributed by atoms with Crippen molar-refractivity contribution in [1.29, 1.82) is 0 Å². The molecule has 0 saturated carbocycles. The van der Waals surface area contributed by atoms with Crippen LogP contribution in [-0.2, 0) is 33.6 Å². The summed E-state index contributed by atoms with van der Waals surface area (Å²) in [6, 6.07) is -5.50. The van der Waals surface area contributed by atoms with Crippen LogP contribution in [0.3, 0.4) is 0 Å². The van der Waals surface area contributed by atoms with E-state index in [4.69, 9.17) is 21.7 Å². The van der Waals surface area contributed by atoms with E-state index >= 15 is 0 Å². The van der Waals surface area contributed by atoms with Crippen molar-refractivity contribution in [1.82, 2.24) is 16.0 Å². The smallest absolute Gasteiger partial charge is 0.326 e. The molecule has 0 aromatic carbocycles. The molecular formula is C21H35N5O10. The van der Waals surface area contributed by atoms with Crippen LogP contribution in [0.2, 0.25) is 0 Å². The fraction of sp³-hybridized carbons (Fsp3) is 0.667. The monoisotopic (exact) mass is 517 g/mol. The Morgan fingerprint density at radius 2 is 1.06 bits per heavy atom. The molecule has 4 atom stereocenters. The van der Waals surface area contributed by atoms with Gasteiger partial charge in [-0.25, -0.2) is 4.79 Å². The third kappa shape index (κ3) is 13.8. The number of carbonyl (C=O) groups excluding carboxylic acids is 4. The highest BCUT2D eigenvalue weighted by Gasteiger charge is 2.31. The van der Waals surface area contributed by atoms with Crippen LogP contribution in [0, 0.1) is 5.92 Å². The Labute approximate surface area is 207 Å². The number of nitrogens with two attached hydrogens (primary N) is 2. The summed E-state index contributed by atoms with van der Waals surface area (Å²) in [5.74, 6) is -7.57. The molecule has 0 aliphatic carbocycles. The van der Waals surface area contributed by atoms with Gasteiger partial charge in [-0.1, -0.05) is 13.8 Å². The van der Waals surface area contributed by atoms with Gasteiger partial charge >= 0.3 is 17.9 Å². The Morgan fingerprint density at radius 3 is 1.42 bits per heavy atom. The molecule has 4 unspecified atom stereocenters. The molecule has 15 heteroatoms. The zero-order chi connectivity index (χ0) is 28.0. The first-order valence-electron chi connectivity index (χ1n) is 11.2. The normalized spacial score (nSPS) is 14.1. The van der Waals surface area contributed by atoms with Crippen molar-refractivity contribution in [2.75, 3.05) is 0 Å². The summed E-state index contributed by atoms with van der Waals surface area (Å²) in [6.07, 6.45) is -2.32. The molecule has 0 aliphatic heterocycles. The summed E-state index contributed by atoms with van der Waals surface area (Å²) in [7, 11) is 0. The largest absolute Gasteiger partial charge is 0.481 e. The van der Waals surface area contributed by atoms with Gasteiger partial charge in [-0.2, -0.15) is 0 Å². The fourth-order valence-corrected chi connectivity index (χ4v) is 3.06. The van der Waals surface area contributed by atoms with Gasteiger partial charge in [0.15, 0.2) is 0 Å². The van der Waals surface area contributed by atoms with E-state index in [0.29, 0.717) is 0 Å². The zero-order valence-electron chi connectivity index (χ0n) is 20.2. The van der Waals surface area contributed by atoms with Crippen LogP contribution in [0.15, 0.2) is 0 Å². The number of hydrogen-bond donors (Lipinski definition) is 8. The van der Waals surface area contributed by atoms with Gasteiger partial charge < -0.3 is 42.7 Å². The Balaban J connectivity index is 5.64. The van der Waals surface area contributed by atoms with Crippen LogP contribution in [0.25, 0.3) is 0 Å². The van der Waals surface area contributed by atoms with E-state index in [2.05, 4.69) is 16.0 Å². The van der Waals surface area contributed by atoms with Gasteiger partial charge in [0.25, 0.3) is 0 Å². The lowest BCUT2D eigenvalue weighted by atomic mass is 10.0. The minimum absolute atomic E-state index is 0.0536. The second-order valence-electron chi connectivity index (χ2n) is 8.63. The molecule has 0 heterocycles. The lowest BCUT2D eigenvalue weighted by molar-refractivity contribution is -0.143. The van der Waals surface area contributed by atoms with Crippen molar-refractivity contribution in [3.8, 4) is 0 Å². The molecule has 15 nitrogen and oxygen atoms in total. The van der Waals surface area contributed by atoms with Gasteiger partial charge in [-0.3, -0.25) is 28.8 Å². The number of carbonyl (C=O) groups is 7. The van der Waals surface area contributed by atoms with E-state index in [1.54, 1.807) is 0 Å². The summed E-state index contributed by atoms with van der Waals surface area (Å²) in [5, 5.41) is 33.9. The molecule has 0 bridgehead atoms. The zero-order valence-corrected chi connectivity index (χ0v) is 20.2. The number of carboxylic acids is 3. The average Bonchev–Trinajstić information content (AvgIpc) is 2.75. The maximum absolute atomic E-state index is 12.9. The van der Waals surface area contributed by atoms with E-state index in [9.17, 15) is 38.7 Å². The molecule has 0 aromatic rings. The summed E-state index contributed by atoms with van der Waals surface area (Å²) in [6.45, 7) is 3.64. The third-order valence-corrected chi connectivity index (χ3v) is 4.92. The molecule has 0 fully saturated rings. The molecule has 4 amide bonds. The third-order valence-electron chi connectivity index (χ3n) is 4.92. The first-order valence-corrected chi connectivity index (χ1v) is 11.2. The molecule has 0 saturated heterocycles. The van der Waals surface area contributed by atoms with Gasteiger partial charge in [0.2, 0.25) is 23.6 Å². The minimum Gasteiger partial charge on any atom is -0.481 e. The molecular weight excluding hydrogens is 482 g/mol. The van der Waals surface area contributed by atoms with Gasteiger partial charge in [-0.15, -0.1) is 0 Å².